The molecule has 3 rings (SSSR count). The third-order valence-corrected chi connectivity index (χ3v) is 4.38. The molecule has 110 valence electrons. The van der Waals surface area contributed by atoms with E-state index in [9.17, 15) is 13.9 Å². The Morgan fingerprint density at radius 3 is 2.55 bits per heavy atom. The highest BCUT2D eigenvalue weighted by Gasteiger charge is 2.37. The van der Waals surface area contributed by atoms with Crippen molar-refractivity contribution in [3.8, 4) is 0 Å². The van der Waals surface area contributed by atoms with Crippen molar-refractivity contribution >= 4 is 0 Å². The van der Waals surface area contributed by atoms with E-state index in [2.05, 4.69) is 16.7 Å². The van der Waals surface area contributed by atoms with Gasteiger partial charge in [-0.05, 0) is 31.0 Å². The molecule has 0 aliphatic carbocycles. The van der Waals surface area contributed by atoms with E-state index in [4.69, 9.17) is 0 Å². The topological polar surface area (TPSA) is 26.7 Å². The molecule has 2 heterocycles. The zero-order chi connectivity index (χ0) is 14.3. The largest absolute Gasteiger partial charge is 0.392 e. The molecular formula is C15H20F2N2O. The molecule has 0 bridgehead atoms. The van der Waals surface area contributed by atoms with Gasteiger partial charge in [0.1, 0.15) is 11.6 Å². The number of piperazine rings is 1. The number of aliphatic hydroxyl groups is 1. The van der Waals surface area contributed by atoms with Gasteiger partial charge in [0.2, 0.25) is 0 Å². The van der Waals surface area contributed by atoms with E-state index in [1.807, 2.05) is 0 Å². The Balaban J connectivity index is 1.70. The van der Waals surface area contributed by atoms with Gasteiger partial charge in [0.25, 0.3) is 0 Å². The minimum Gasteiger partial charge on any atom is -0.392 e. The third kappa shape index (κ3) is 2.85. The number of hydrogen-bond donors (Lipinski definition) is 1. The summed E-state index contributed by atoms with van der Waals surface area (Å²) in [7, 11) is 0. The van der Waals surface area contributed by atoms with Crippen molar-refractivity contribution in [2.45, 2.75) is 38.1 Å². The Kier molecular flexibility index (Phi) is 3.75. The lowest BCUT2D eigenvalue weighted by atomic mass is 10.1. The second-order valence-electron chi connectivity index (χ2n) is 6.05. The van der Waals surface area contributed by atoms with E-state index < -0.39 is 11.6 Å². The van der Waals surface area contributed by atoms with Crippen LogP contribution in [0.5, 0.6) is 0 Å². The second-order valence-corrected chi connectivity index (χ2v) is 6.05. The fraction of sp³-hybridized carbons (Fsp3) is 0.600. The van der Waals surface area contributed by atoms with Gasteiger partial charge in [0.05, 0.1) is 6.10 Å². The normalized spacial score (nSPS) is 31.5. The smallest absolute Gasteiger partial charge is 0.126 e. The minimum absolute atomic E-state index is 0.237. The molecule has 2 fully saturated rings. The molecule has 1 unspecified atom stereocenters. The van der Waals surface area contributed by atoms with Crippen LogP contribution in [0.3, 0.4) is 0 Å². The molecule has 20 heavy (non-hydrogen) atoms. The van der Waals surface area contributed by atoms with Gasteiger partial charge in [-0.2, -0.15) is 0 Å². The molecule has 3 atom stereocenters. The summed E-state index contributed by atoms with van der Waals surface area (Å²) < 4.78 is 26.5. The van der Waals surface area contributed by atoms with E-state index in [0.29, 0.717) is 24.2 Å². The number of aliphatic hydroxyl groups excluding tert-OH is 1. The Morgan fingerprint density at radius 2 is 1.85 bits per heavy atom. The van der Waals surface area contributed by atoms with Gasteiger partial charge in [-0.25, -0.2) is 8.78 Å². The first-order chi connectivity index (χ1) is 9.51. The summed E-state index contributed by atoms with van der Waals surface area (Å²) >= 11 is 0. The van der Waals surface area contributed by atoms with Crippen molar-refractivity contribution in [1.82, 2.24) is 9.80 Å². The van der Waals surface area contributed by atoms with Gasteiger partial charge >= 0.3 is 0 Å². The second kappa shape index (κ2) is 5.39. The van der Waals surface area contributed by atoms with E-state index >= 15 is 0 Å². The van der Waals surface area contributed by atoms with Crippen LogP contribution in [0.15, 0.2) is 18.2 Å². The van der Waals surface area contributed by atoms with Gasteiger partial charge in [-0.1, -0.05) is 0 Å². The molecule has 2 aliphatic heterocycles. The van der Waals surface area contributed by atoms with Crippen molar-refractivity contribution in [3.05, 3.63) is 35.4 Å². The van der Waals surface area contributed by atoms with E-state index in [1.54, 1.807) is 0 Å². The number of fused-ring (bicyclic) bond motifs is 1. The van der Waals surface area contributed by atoms with Crippen LogP contribution >= 0.6 is 0 Å². The van der Waals surface area contributed by atoms with Gasteiger partial charge in [0.15, 0.2) is 0 Å². The molecule has 0 saturated carbocycles. The van der Waals surface area contributed by atoms with Crippen LogP contribution in [-0.2, 0) is 6.54 Å². The molecule has 2 saturated heterocycles. The third-order valence-electron chi connectivity index (χ3n) is 4.38. The molecule has 5 heteroatoms. The average molecular weight is 282 g/mol. The van der Waals surface area contributed by atoms with Crippen molar-refractivity contribution in [1.29, 1.82) is 0 Å². The first-order valence-corrected chi connectivity index (χ1v) is 7.12. The highest BCUT2D eigenvalue weighted by molar-refractivity contribution is 5.18. The first-order valence-electron chi connectivity index (χ1n) is 7.12. The molecule has 1 aromatic rings. The summed E-state index contributed by atoms with van der Waals surface area (Å²) in [5.41, 5.74) is 0.668. The zero-order valence-electron chi connectivity index (χ0n) is 11.6. The van der Waals surface area contributed by atoms with Crippen LogP contribution in [0.25, 0.3) is 0 Å². The molecule has 0 aromatic heterocycles. The van der Waals surface area contributed by atoms with Gasteiger partial charge < -0.3 is 5.11 Å². The standard InChI is InChI=1S/C15H20F2N2O/c1-10-6-19-9-15(20)5-14(19)8-18(10)7-11-2-12(16)4-13(17)3-11/h2-4,10,14-15,20H,5-9H2,1H3/t10-,14?,15+/m0/s1. The molecular weight excluding hydrogens is 262 g/mol. The number of nitrogens with zero attached hydrogens (tertiary/aromatic N) is 2. The van der Waals surface area contributed by atoms with Crippen LogP contribution in [0.4, 0.5) is 8.78 Å². The lowest BCUT2D eigenvalue weighted by molar-refractivity contribution is 0.0527. The van der Waals surface area contributed by atoms with Gasteiger partial charge in [0, 0.05) is 44.3 Å². The number of hydrogen-bond acceptors (Lipinski definition) is 3. The maximum atomic E-state index is 13.2. The van der Waals surface area contributed by atoms with Crippen molar-refractivity contribution < 1.29 is 13.9 Å². The van der Waals surface area contributed by atoms with E-state index in [0.717, 1.165) is 32.1 Å². The van der Waals surface area contributed by atoms with Crippen LogP contribution in [0, 0.1) is 11.6 Å². The predicted octanol–water partition coefficient (Wildman–Crippen LogP) is 1.60. The highest BCUT2D eigenvalue weighted by atomic mass is 19.1. The maximum absolute atomic E-state index is 13.2. The summed E-state index contributed by atoms with van der Waals surface area (Å²) in [5.74, 6) is -1.05. The van der Waals surface area contributed by atoms with E-state index in [1.165, 1.54) is 12.1 Å². The maximum Gasteiger partial charge on any atom is 0.126 e. The number of benzene rings is 1. The fourth-order valence-corrected chi connectivity index (χ4v) is 3.43. The number of rotatable bonds is 2. The number of halogens is 2. The molecule has 1 N–H and O–H groups in total. The lowest BCUT2D eigenvalue weighted by Crippen LogP contribution is -2.54. The Morgan fingerprint density at radius 1 is 1.15 bits per heavy atom. The zero-order valence-corrected chi connectivity index (χ0v) is 11.6. The van der Waals surface area contributed by atoms with Crippen molar-refractivity contribution in [2.75, 3.05) is 19.6 Å². The monoisotopic (exact) mass is 282 g/mol. The highest BCUT2D eigenvalue weighted by Crippen LogP contribution is 2.26. The summed E-state index contributed by atoms with van der Waals surface area (Å²) in [6.45, 7) is 5.17. The molecule has 0 spiro atoms. The Hall–Kier alpha value is -1.04. The lowest BCUT2D eigenvalue weighted by Gasteiger charge is -2.42. The Bertz CT molecular complexity index is 477. The quantitative estimate of drug-likeness (QED) is 0.892. The summed E-state index contributed by atoms with van der Waals surface area (Å²) in [6.07, 6.45) is 0.555. The Labute approximate surface area is 117 Å². The average Bonchev–Trinajstić information content (AvgIpc) is 2.67. The predicted molar refractivity (Wildman–Crippen MR) is 72.2 cm³/mol. The SMILES string of the molecule is C[C@H]1CN2C[C@H](O)CC2CN1Cc1cc(F)cc(F)c1. The van der Waals surface area contributed by atoms with Gasteiger partial charge in [-0.15, -0.1) is 0 Å². The van der Waals surface area contributed by atoms with Crippen LogP contribution in [-0.4, -0.2) is 52.7 Å². The fourth-order valence-electron chi connectivity index (χ4n) is 3.43. The molecule has 1 aromatic carbocycles. The summed E-state index contributed by atoms with van der Waals surface area (Å²) in [4.78, 5) is 4.56. The van der Waals surface area contributed by atoms with Crippen molar-refractivity contribution in [3.63, 3.8) is 0 Å². The minimum atomic E-state index is -0.525. The van der Waals surface area contributed by atoms with Crippen LogP contribution < -0.4 is 0 Å². The molecule has 0 amide bonds. The molecule has 0 radical (unpaired) electrons. The van der Waals surface area contributed by atoms with E-state index in [-0.39, 0.29) is 6.10 Å². The molecule has 3 nitrogen and oxygen atoms in total. The molecule has 2 aliphatic rings. The summed E-state index contributed by atoms with van der Waals surface area (Å²) in [5, 5.41) is 9.74. The van der Waals surface area contributed by atoms with Crippen molar-refractivity contribution in [2.24, 2.45) is 0 Å². The van der Waals surface area contributed by atoms with Crippen LogP contribution in [0.1, 0.15) is 18.9 Å². The first kappa shape index (κ1) is 13.9. The van der Waals surface area contributed by atoms with Gasteiger partial charge in [-0.3, -0.25) is 9.80 Å². The van der Waals surface area contributed by atoms with Crippen LogP contribution in [0.2, 0.25) is 0 Å². The summed E-state index contributed by atoms with van der Waals surface area (Å²) in [6, 6.07) is 4.37.